The Hall–Kier alpha value is -3.40. The number of hydrogen-bond donors (Lipinski definition) is 9. The number of carboxylic acid groups (broad SMARTS) is 3. The van der Waals surface area contributed by atoms with E-state index in [2.05, 4.69) is 12.6 Å². The molecular weight excluding hydrogens is 442 g/mol. The zero-order valence-corrected chi connectivity index (χ0v) is 16.8. The van der Waals surface area contributed by atoms with Crippen LogP contribution < -0.4 is 27.4 Å². The van der Waals surface area contributed by atoms with Gasteiger partial charge in [-0.05, 0) is 0 Å². The van der Waals surface area contributed by atoms with Gasteiger partial charge >= 0.3 is 17.9 Å². The Labute approximate surface area is 180 Å². The first-order chi connectivity index (χ1) is 14.3. The Morgan fingerprint density at radius 2 is 1.10 bits per heavy atom. The van der Waals surface area contributed by atoms with Gasteiger partial charge in [-0.15, -0.1) is 0 Å². The van der Waals surface area contributed by atoms with Crippen molar-refractivity contribution in [3.05, 3.63) is 0 Å². The molecule has 0 aliphatic rings. The van der Waals surface area contributed by atoms with Crippen LogP contribution in [0.25, 0.3) is 0 Å². The van der Waals surface area contributed by atoms with Crippen LogP contribution >= 0.6 is 12.6 Å². The normalized spacial score (nSPS) is 14.3. The summed E-state index contributed by atoms with van der Waals surface area (Å²) in [5.41, 5.74) is 10.3. The second kappa shape index (κ2) is 13.0. The number of nitrogens with two attached hydrogens (primary N) is 2. The van der Waals surface area contributed by atoms with E-state index in [0.29, 0.717) is 0 Å². The summed E-state index contributed by atoms with van der Waals surface area (Å²) in [5.74, 6) is -9.38. The van der Waals surface area contributed by atoms with Gasteiger partial charge in [0.15, 0.2) is 0 Å². The van der Waals surface area contributed by atoms with Crippen LogP contribution in [0, 0.1) is 0 Å². The van der Waals surface area contributed by atoms with Crippen molar-refractivity contribution in [1.29, 1.82) is 0 Å². The van der Waals surface area contributed by atoms with Gasteiger partial charge < -0.3 is 42.7 Å². The largest absolute Gasteiger partial charge is 0.481 e. The van der Waals surface area contributed by atoms with E-state index in [0.717, 1.165) is 0 Å². The fourth-order valence-corrected chi connectivity index (χ4v) is 2.33. The summed E-state index contributed by atoms with van der Waals surface area (Å²) in [6.07, 6.45) is -2.56. The van der Waals surface area contributed by atoms with Gasteiger partial charge in [-0.25, -0.2) is 4.79 Å². The number of thiol groups is 1. The molecule has 0 saturated carbocycles. The van der Waals surface area contributed by atoms with Gasteiger partial charge in [0.2, 0.25) is 23.6 Å². The zero-order chi connectivity index (χ0) is 24.3. The lowest BCUT2D eigenvalue weighted by Gasteiger charge is -2.23. The number of aliphatic carboxylic acids is 3. The average Bonchev–Trinajstić information content (AvgIpc) is 2.62. The van der Waals surface area contributed by atoms with Crippen LogP contribution in [0.5, 0.6) is 0 Å². The number of primary amides is 1. The highest BCUT2D eigenvalue weighted by molar-refractivity contribution is 7.80. The van der Waals surface area contributed by atoms with Gasteiger partial charge in [0, 0.05) is 5.75 Å². The highest BCUT2D eigenvalue weighted by Gasteiger charge is 2.32. The highest BCUT2D eigenvalue weighted by atomic mass is 32.1. The Kier molecular flexibility index (Phi) is 11.6. The molecule has 15 nitrogen and oxygen atoms in total. The van der Waals surface area contributed by atoms with Crippen LogP contribution in [-0.4, -0.2) is 86.8 Å². The van der Waals surface area contributed by atoms with Gasteiger partial charge in [0.05, 0.1) is 25.3 Å². The predicted molar refractivity (Wildman–Crippen MR) is 104 cm³/mol. The summed E-state index contributed by atoms with van der Waals surface area (Å²) < 4.78 is 0. The van der Waals surface area contributed by atoms with E-state index in [1.807, 2.05) is 16.0 Å². The third-order valence-corrected chi connectivity index (χ3v) is 3.94. The van der Waals surface area contributed by atoms with Crippen molar-refractivity contribution in [2.45, 2.75) is 43.4 Å². The molecular formula is C15H23N5O10S. The first-order valence-electron chi connectivity index (χ1n) is 8.50. The minimum absolute atomic E-state index is 0.343. The number of carbonyl (C=O) groups is 7. The summed E-state index contributed by atoms with van der Waals surface area (Å²) in [4.78, 5) is 80.5. The van der Waals surface area contributed by atoms with Gasteiger partial charge in [0.25, 0.3) is 0 Å². The number of amides is 4. The third kappa shape index (κ3) is 10.8. The Balaban J connectivity index is 5.47. The molecule has 10 N–H and O–H groups in total. The van der Waals surface area contributed by atoms with Crippen molar-refractivity contribution in [2.24, 2.45) is 11.5 Å². The maximum Gasteiger partial charge on any atom is 0.327 e. The Morgan fingerprint density at radius 1 is 0.710 bits per heavy atom. The standard InChI is InChI=1S/C15H23N5O10S/c16-5(1-9(17)21)12(26)18-6(2-10(22)23)13(27)19-7(3-11(24)25)14(28)20-8(4-31)15(29)30/h5-8,31H,1-4,16H2,(H2,17,21)(H,18,26)(H,19,27)(H,20,28)(H,22,23)(H,24,25)(H,29,30). The molecule has 0 aliphatic carbocycles. The molecule has 0 spiro atoms. The molecule has 0 radical (unpaired) electrons. The molecule has 4 atom stereocenters. The predicted octanol–water partition coefficient (Wildman–Crippen LogP) is -4.39. The molecule has 16 heteroatoms. The van der Waals surface area contributed by atoms with E-state index in [1.54, 1.807) is 0 Å². The molecule has 0 heterocycles. The lowest BCUT2D eigenvalue weighted by Crippen LogP contribution is -2.58. The van der Waals surface area contributed by atoms with Gasteiger partial charge in [-0.3, -0.25) is 28.8 Å². The molecule has 0 saturated heterocycles. The minimum Gasteiger partial charge on any atom is -0.481 e. The molecule has 31 heavy (non-hydrogen) atoms. The average molecular weight is 465 g/mol. The number of nitrogens with one attached hydrogen (secondary N) is 3. The maximum absolute atomic E-state index is 12.4. The van der Waals surface area contributed by atoms with Gasteiger partial charge in [0.1, 0.15) is 18.1 Å². The van der Waals surface area contributed by atoms with Crippen molar-refractivity contribution in [2.75, 3.05) is 5.75 Å². The summed E-state index contributed by atoms with van der Waals surface area (Å²) >= 11 is 3.73. The SMILES string of the molecule is NC(=O)CC(N)C(=O)NC(CC(=O)O)C(=O)NC(CC(=O)O)C(=O)NC(CS)C(=O)O. The highest BCUT2D eigenvalue weighted by Crippen LogP contribution is 2.01. The van der Waals surface area contributed by atoms with Crippen LogP contribution in [0.2, 0.25) is 0 Å². The van der Waals surface area contributed by atoms with Gasteiger partial charge in [-0.2, -0.15) is 12.6 Å². The monoisotopic (exact) mass is 465 g/mol. The fourth-order valence-electron chi connectivity index (χ4n) is 2.09. The topological polar surface area (TPSA) is 268 Å². The third-order valence-electron chi connectivity index (χ3n) is 3.58. The first-order valence-corrected chi connectivity index (χ1v) is 9.13. The quantitative estimate of drug-likeness (QED) is 0.110. The van der Waals surface area contributed by atoms with Crippen LogP contribution in [0.3, 0.4) is 0 Å². The van der Waals surface area contributed by atoms with Crippen molar-refractivity contribution >= 4 is 54.2 Å². The minimum atomic E-state index is -1.81. The number of rotatable bonds is 14. The van der Waals surface area contributed by atoms with Crippen LogP contribution in [0.15, 0.2) is 0 Å². The summed E-state index contributed by atoms with van der Waals surface area (Å²) in [6.45, 7) is 0. The van der Waals surface area contributed by atoms with Crippen LogP contribution in [0.4, 0.5) is 0 Å². The van der Waals surface area contributed by atoms with Crippen molar-refractivity contribution in [1.82, 2.24) is 16.0 Å². The van der Waals surface area contributed by atoms with E-state index in [1.165, 1.54) is 0 Å². The van der Waals surface area contributed by atoms with E-state index in [9.17, 15) is 33.6 Å². The van der Waals surface area contributed by atoms with Crippen LogP contribution in [-0.2, 0) is 33.6 Å². The van der Waals surface area contributed by atoms with Gasteiger partial charge in [-0.1, -0.05) is 0 Å². The van der Waals surface area contributed by atoms with Crippen molar-refractivity contribution in [3.63, 3.8) is 0 Å². The molecule has 0 aromatic heterocycles. The number of hydrogen-bond acceptors (Lipinski definition) is 9. The Morgan fingerprint density at radius 3 is 1.42 bits per heavy atom. The molecule has 4 amide bonds. The lowest BCUT2D eigenvalue weighted by atomic mass is 10.1. The maximum atomic E-state index is 12.4. The molecule has 0 rings (SSSR count). The molecule has 174 valence electrons. The number of carbonyl (C=O) groups excluding carboxylic acids is 4. The molecule has 0 aromatic rings. The second-order valence-corrected chi connectivity index (χ2v) is 6.54. The summed E-state index contributed by atoms with van der Waals surface area (Å²) in [6, 6.07) is -6.59. The Bertz CT molecular complexity index is 746. The molecule has 0 aromatic carbocycles. The number of carboxylic acids is 3. The summed E-state index contributed by atoms with van der Waals surface area (Å²) in [7, 11) is 0. The molecule has 0 fully saturated rings. The lowest BCUT2D eigenvalue weighted by molar-refractivity contribution is -0.144. The second-order valence-electron chi connectivity index (χ2n) is 6.18. The zero-order valence-electron chi connectivity index (χ0n) is 15.9. The summed E-state index contributed by atoms with van der Waals surface area (Å²) in [5, 5.41) is 32.7. The van der Waals surface area contributed by atoms with Crippen molar-refractivity contribution < 1.29 is 48.9 Å². The van der Waals surface area contributed by atoms with E-state index in [-0.39, 0.29) is 5.75 Å². The van der Waals surface area contributed by atoms with E-state index in [4.69, 9.17) is 26.8 Å². The van der Waals surface area contributed by atoms with Crippen molar-refractivity contribution in [3.8, 4) is 0 Å². The smallest absolute Gasteiger partial charge is 0.327 e. The molecule has 0 aliphatic heterocycles. The first kappa shape index (κ1) is 27.6. The molecule has 0 bridgehead atoms. The van der Waals surface area contributed by atoms with E-state index >= 15 is 0 Å². The molecule has 4 unspecified atom stereocenters. The van der Waals surface area contributed by atoms with E-state index < -0.39 is 85.0 Å². The van der Waals surface area contributed by atoms with Crippen LogP contribution in [0.1, 0.15) is 19.3 Å². The fraction of sp³-hybridized carbons (Fsp3) is 0.533.